The third kappa shape index (κ3) is 4.61. The molecule has 1 aliphatic rings. The largest absolute Gasteiger partial charge is 0.472 e. The zero-order valence-electron chi connectivity index (χ0n) is 12.9. The second-order valence-corrected chi connectivity index (χ2v) is 6.93. The Labute approximate surface area is 154 Å². The van der Waals surface area contributed by atoms with Crippen LogP contribution in [-0.4, -0.2) is 35.1 Å². The van der Waals surface area contributed by atoms with Gasteiger partial charge in [-0.25, -0.2) is 9.78 Å². The number of ether oxygens (including phenoxy) is 1. The number of carbonyl (C=O) groups is 1. The highest BCUT2D eigenvalue weighted by atomic mass is 79.9. The van der Waals surface area contributed by atoms with Gasteiger partial charge in [-0.3, -0.25) is 0 Å². The molecule has 126 valence electrons. The second-order valence-electron chi connectivity index (χ2n) is 5.57. The van der Waals surface area contributed by atoms with E-state index >= 15 is 0 Å². The Hall–Kier alpha value is -1.79. The second kappa shape index (κ2) is 7.85. The molecule has 5 nitrogen and oxygen atoms in total. The summed E-state index contributed by atoms with van der Waals surface area (Å²) in [5, 5.41) is 3.61. The van der Waals surface area contributed by atoms with E-state index < -0.39 is 0 Å². The van der Waals surface area contributed by atoms with E-state index in [2.05, 4.69) is 26.2 Å². The predicted octanol–water partition coefficient (Wildman–Crippen LogP) is 3.86. The van der Waals surface area contributed by atoms with Gasteiger partial charge in [0.25, 0.3) is 0 Å². The highest BCUT2D eigenvalue weighted by molar-refractivity contribution is 9.10. The molecule has 1 atom stereocenters. The Balaban J connectivity index is 1.46. The van der Waals surface area contributed by atoms with Crippen molar-refractivity contribution in [2.45, 2.75) is 19.1 Å². The van der Waals surface area contributed by atoms with E-state index in [0.29, 0.717) is 30.5 Å². The van der Waals surface area contributed by atoms with Crippen LogP contribution in [0.25, 0.3) is 0 Å². The maximum absolute atomic E-state index is 12.2. The molecular formula is C17H17BrClN3O2. The number of nitrogens with zero attached hydrogens (tertiary/aromatic N) is 2. The number of hydrogen-bond donors (Lipinski definition) is 1. The van der Waals surface area contributed by atoms with Crippen molar-refractivity contribution in [3.05, 3.63) is 57.7 Å². The van der Waals surface area contributed by atoms with Crippen LogP contribution < -0.4 is 10.1 Å². The van der Waals surface area contributed by atoms with Gasteiger partial charge in [0.2, 0.25) is 5.88 Å². The van der Waals surface area contributed by atoms with Crippen LogP contribution in [0.4, 0.5) is 4.79 Å². The summed E-state index contributed by atoms with van der Waals surface area (Å²) in [4.78, 5) is 18.2. The molecule has 24 heavy (non-hydrogen) atoms. The van der Waals surface area contributed by atoms with Gasteiger partial charge < -0.3 is 15.0 Å². The molecule has 1 N–H and O–H groups in total. The minimum atomic E-state index is -0.0835. The average Bonchev–Trinajstić information content (AvgIpc) is 3.05. The highest BCUT2D eigenvalue weighted by Gasteiger charge is 2.27. The van der Waals surface area contributed by atoms with Gasteiger partial charge in [-0.1, -0.05) is 23.7 Å². The van der Waals surface area contributed by atoms with Gasteiger partial charge in [0.05, 0.1) is 6.54 Å². The lowest BCUT2D eigenvalue weighted by Gasteiger charge is -2.17. The molecule has 1 aliphatic heterocycles. The quantitative estimate of drug-likeness (QED) is 0.833. The summed E-state index contributed by atoms with van der Waals surface area (Å²) < 4.78 is 6.73. The molecule has 2 heterocycles. The molecule has 0 spiro atoms. The molecule has 1 aromatic heterocycles. The summed E-state index contributed by atoms with van der Waals surface area (Å²) in [7, 11) is 0. The van der Waals surface area contributed by atoms with Crippen LogP contribution in [0.15, 0.2) is 47.1 Å². The number of pyridine rings is 1. The number of rotatable bonds is 4. The number of amides is 2. The van der Waals surface area contributed by atoms with Gasteiger partial charge in [0, 0.05) is 41.3 Å². The van der Waals surface area contributed by atoms with Gasteiger partial charge >= 0.3 is 6.03 Å². The van der Waals surface area contributed by atoms with E-state index in [1.807, 2.05) is 36.4 Å². The number of hydrogen-bond acceptors (Lipinski definition) is 3. The first-order valence-corrected chi connectivity index (χ1v) is 8.83. The maximum Gasteiger partial charge on any atom is 0.317 e. The topological polar surface area (TPSA) is 54.5 Å². The molecule has 0 unspecified atom stereocenters. The smallest absolute Gasteiger partial charge is 0.317 e. The van der Waals surface area contributed by atoms with Crippen LogP contribution >= 0.6 is 27.5 Å². The van der Waals surface area contributed by atoms with Gasteiger partial charge in [-0.2, -0.15) is 0 Å². The lowest BCUT2D eigenvalue weighted by atomic mass is 10.2. The van der Waals surface area contributed by atoms with Crippen molar-refractivity contribution in [1.82, 2.24) is 15.2 Å². The molecule has 1 saturated heterocycles. The minimum Gasteiger partial charge on any atom is -0.472 e. The number of likely N-dealkylation sites (tertiary alicyclic amines) is 1. The van der Waals surface area contributed by atoms with E-state index in [1.54, 1.807) is 11.1 Å². The highest BCUT2D eigenvalue weighted by Crippen LogP contribution is 2.18. The lowest BCUT2D eigenvalue weighted by Crippen LogP contribution is -2.39. The van der Waals surface area contributed by atoms with Gasteiger partial charge in [0.15, 0.2) is 0 Å². The average molecular weight is 411 g/mol. The van der Waals surface area contributed by atoms with E-state index in [0.717, 1.165) is 16.5 Å². The Morgan fingerprint density at radius 1 is 1.33 bits per heavy atom. The molecule has 2 amide bonds. The molecule has 0 radical (unpaired) electrons. The number of carbonyl (C=O) groups excluding carboxylic acids is 1. The van der Waals surface area contributed by atoms with E-state index in [1.165, 1.54) is 0 Å². The molecule has 0 aliphatic carbocycles. The summed E-state index contributed by atoms with van der Waals surface area (Å²) >= 11 is 9.19. The first kappa shape index (κ1) is 17.0. The number of nitrogens with one attached hydrogen (secondary N) is 1. The summed E-state index contributed by atoms with van der Waals surface area (Å²) in [6.45, 7) is 1.71. The molecule has 2 aromatic rings. The number of aromatic nitrogens is 1. The third-order valence-corrected chi connectivity index (χ3v) is 4.50. The Kier molecular flexibility index (Phi) is 5.58. The molecule has 1 aromatic carbocycles. The van der Waals surface area contributed by atoms with Crippen molar-refractivity contribution in [3.63, 3.8) is 0 Å². The van der Waals surface area contributed by atoms with Crippen LogP contribution in [-0.2, 0) is 6.54 Å². The van der Waals surface area contributed by atoms with Crippen molar-refractivity contribution < 1.29 is 9.53 Å². The lowest BCUT2D eigenvalue weighted by molar-refractivity contribution is 0.183. The summed E-state index contributed by atoms with van der Waals surface area (Å²) in [5.74, 6) is 0.576. The van der Waals surface area contributed by atoms with Crippen molar-refractivity contribution in [1.29, 1.82) is 0 Å². The number of benzene rings is 1. The SMILES string of the molecule is O=C(NCc1ccc(Cl)cc1)N1CC[C@@H](Oc2ccc(Br)cn2)C1. The zero-order valence-corrected chi connectivity index (χ0v) is 15.3. The molecule has 7 heteroatoms. The maximum atomic E-state index is 12.2. The fourth-order valence-electron chi connectivity index (χ4n) is 2.50. The van der Waals surface area contributed by atoms with E-state index in [4.69, 9.17) is 16.3 Å². The fourth-order valence-corrected chi connectivity index (χ4v) is 2.86. The predicted molar refractivity (Wildman–Crippen MR) is 96.2 cm³/mol. The van der Waals surface area contributed by atoms with Crippen LogP contribution in [0.1, 0.15) is 12.0 Å². The molecule has 3 rings (SSSR count). The van der Waals surface area contributed by atoms with Crippen LogP contribution in [0.5, 0.6) is 5.88 Å². The van der Waals surface area contributed by atoms with E-state index in [-0.39, 0.29) is 12.1 Å². The third-order valence-electron chi connectivity index (χ3n) is 3.78. The van der Waals surface area contributed by atoms with E-state index in [9.17, 15) is 4.79 Å². The van der Waals surface area contributed by atoms with Crippen molar-refractivity contribution in [2.24, 2.45) is 0 Å². The summed E-state index contributed by atoms with van der Waals surface area (Å²) in [6.07, 6.45) is 2.47. The summed E-state index contributed by atoms with van der Waals surface area (Å²) in [5.41, 5.74) is 1.01. The van der Waals surface area contributed by atoms with Crippen LogP contribution in [0.2, 0.25) is 5.02 Å². The Bertz CT molecular complexity index is 694. The first-order valence-electron chi connectivity index (χ1n) is 7.65. The number of halogens is 2. The van der Waals surface area contributed by atoms with Gasteiger partial charge in [0.1, 0.15) is 6.10 Å². The molecule has 1 fully saturated rings. The van der Waals surface area contributed by atoms with Gasteiger partial charge in [-0.05, 0) is 39.7 Å². The zero-order chi connectivity index (χ0) is 16.9. The van der Waals surface area contributed by atoms with Crippen molar-refractivity contribution in [2.75, 3.05) is 13.1 Å². The molecule has 0 bridgehead atoms. The van der Waals surface area contributed by atoms with Crippen molar-refractivity contribution in [3.8, 4) is 5.88 Å². The number of urea groups is 1. The Morgan fingerprint density at radius 2 is 2.12 bits per heavy atom. The van der Waals surface area contributed by atoms with Crippen molar-refractivity contribution >= 4 is 33.6 Å². The molecular weight excluding hydrogens is 394 g/mol. The Morgan fingerprint density at radius 3 is 2.83 bits per heavy atom. The summed E-state index contributed by atoms with van der Waals surface area (Å²) in [6, 6.07) is 11.0. The monoisotopic (exact) mass is 409 g/mol. The first-order chi connectivity index (χ1) is 11.6. The minimum absolute atomic E-state index is 0.0278. The van der Waals surface area contributed by atoms with Crippen LogP contribution in [0, 0.1) is 0 Å². The standard InChI is InChI=1S/C17H17BrClN3O2/c18-13-3-6-16(20-10-13)24-15-7-8-22(11-15)17(23)21-9-12-1-4-14(19)5-2-12/h1-6,10,15H,7-9,11H2,(H,21,23)/t15-/m1/s1. The molecule has 0 saturated carbocycles. The fraction of sp³-hybridized carbons (Fsp3) is 0.294. The van der Waals surface area contributed by atoms with Gasteiger partial charge in [-0.15, -0.1) is 0 Å². The van der Waals surface area contributed by atoms with Crippen LogP contribution in [0.3, 0.4) is 0 Å². The normalized spacial score (nSPS) is 16.9.